The Hall–Kier alpha value is -1.93. The van der Waals surface area contributed by atoms with Crippen LogP contribution in [0.1, 0.15) is 18.2 Å². The zero-order chi connectivity index (χ0) is 15.6. The summed E-state index contributed by atoms with van der Waals surface area (Å²) in [5.74, 6) is -0.292. The smallest absolute Gasteiger partial charge is 0.273 e. The second-order valence-corrected chi connectivity index (χ2v) is 7.42. The molecule has 2 aromatic rings. The quantitative estimate of drug-likeness (QED) is 0.904. The van der Waals surface area contributed by atoms with Gasteiger partial charge in [0.2, 0.25) is 5.91 Å². The Bertz CT molecular complexity index is 764. The number of sulfonamides is 1. The molecule has 21 heavy (non-hydrogen) atoms. The summed E-state index contributed by atoms with van der Waals surface area (Å²) in [7, 11) is -3.72. The molecule has 0 unspecified atom stereocenters. The van der Waals surface area contributed by atoms with Gasteiger partial charge in [0.15, 0.2) is 9.34 Å². The minimum Gasteiger partial charge on any atom is -0.302 e. The van der Waals surface area contributed by atoms with Crippen LogP contribution in [0, 0.1) is 13.8 Å². The third-order valence-electron chi connectivity index (χ3n) is 2.58. The SMILES string of the molecule is CC(=O)Nc1nc(C)c(S(=O)(=O)Nc2ccc(C)cc2)s1. The van der Waals surface area contributed by atoms with Crippen LogP contribution < -0.4 is 10.0 Å². The molecular weight excluding hydrogens is 310 g/mol. The third kappa shape index (κ3) is 3.79. The van der Waals surface area contributed by atoms with Crippen molar-refractivity contribution in [2.75, 3.05) is 10.0 Å². The van der Waals surface area contributed by atoms with E-state index < -0.39 is 10.0 Å². The van der Waals surface area contributed by atoms with E-state index in [0.717, 1.165) is 16.9 Å². The lowest BCUT2D eigenvalue weighted by molar-refractivity contribution is -0.114. The van der Waals surface area contributed by atoms with E-state index in [4.69, 9.17) is 0 Å². The summed E-state index contributed by atoms with van der Waals surface area (Å²) in [6, 6.07) is 7.02. The highest BCUT2D eigenvalue weighted by Gasteiger charge is 2.22. The number of thiazole rings is 1. The molecule has 1 heterocycles. The van der Waals surface area contributed by atoms with Crippen molar-refractivity contribution in [1.29, 1.82) is 0 Å². The summed E-state index contributed by atoms with van der Waals surface area (Å²) in [5.41, 5.74) is 1.87. The highest BCUT2D eigenvalue weighted by Crippen LogP contribution is 2.28. The number of rotatable bonds is 4. The first kappa shape index (κ1) is 15.5. The number of amides is 1. The van der Waals surface area contributed by atoms with Gasteiger partial charge in [0.25, 0.3) is 10.0 Å². The first-order valence-electron chi connectivity index (χ1n) is 6.12. The van der Waals surface area contributed by atoms with Crippen molar-refractivity contribution in [3.05, 3.63) is 35.5 Å². The van der Waals surface area contributed by atoms with E-state index in [1.54, 1.807) is 19.1 Å². The average molecular weight is 325 g/mol. The number of anilines is 2. The molecule has 0 aliphatic rings. The van der Waals surface area contributed by atoms with Gasteiger partial charge in [0.05, 0.1) is 5.69 Å². The lowest BCUT2D eigenvalue weighted by Gasteiger charge is -2.06. The second kappa shape index (κ2) is 5.82. The van der Waals surface area contributed by atoms with Gasteiger partial charge in [0, 0.05) is 12.6 Å². The van der Waals surface area contributed by atoms with Gasteiger partial charge in [-0.3, -0.25) is 9.52 Å². The van der Waals surface area contributed by atoms with Crippen LogP contribution >= 0.6 is 11.3 Å². The van der Waals surface area contributed by atoms with Gasteiger partial charge < -0.3 is 5.32 Å². The lowest BCUT2D eigenvalue weighted by Crippen LogP contribution is -2.12. The summed E-state index contributed by atoms with van der Waals surface area (Å²) in [4.78, 5) is 15.0. The summed E-state index contributed by atoms with van der Waals surface area (Å²) < 4.78 is 27.3. The topological polar surface area (TPSA) is 88.2 Å². The van der Waals surface area contributed by atoms with Crippen molar-refractivity contribution in [3.8, 4) is 0 Å². The Labute approximate surface area is 127 Å². The summed E-state index contributed by atoms with van der Waals surface area (Å²) in [6.45, 7) is 4.85. The molecule has 0 radical (unpaired) electrons. The molecule has 1 amide bonds. The van der Waals surface area contributed by atoms with Crippen LogP contribution in [0.3, 0.4) is 0 Å². The molecule has 0 aliphatic heterocycles. The summed E-state index contributed by atoms with van der Waals surface area (Å²) in [5, 5.41) is 2.75. The van der Waals surface area contributed by atoms with Crippen LogP contribution in [-0.2, 0) is 14.8 Å². The van der Waals surface area contributed by atoms with E-state index in [1.165, 1.54) is 6.92 Å². The number of aryl methyl sites for hydroxylation is 2. The van der Waals surface area contributed by atoms with Crippen molar-refractivity contribution in [1.82, 2.24) is 4.98 Å². The highest BCUT2D eigenvalue weighted by atomic mass is 32.2. The maximum atomic E-state index is 12.4. The van der Waals surface area contributed by atoms with E-state index in [1.807, 2.05) is 19.1 Å². The monoisotopic (exact) mass is 325 g/mol. The van der Waals surface area contributed by atoms with Gasteiger partial charge in [-0.1, -0.05) is 29.0 Å². The van der Waals surface area contributed by atoms with Gasteiger partial charge in [-0.15, -0.1) is 0 Å². The van der Waals surface area contributed by atoms with Crippen molar-refractivity contribution < 1.29 is 13.2 Å². The van der Waals surface area contributed by atoms with Crippen molar-refractivity contribution in [2.24, 2.45) is 0 Å². The maximum absolute atomic E-state index is 12.4. The van der Waals surface area contributed by atoms with Gasteiger partial charge in [-0.2, -0.15) is 0 Å². The molecule has 0 aliphatic carbocycles. The van der Waals surface area contributed by atoms with Gasteiger partial charge in [-0.05, 0) is 26.0 Å². The number of carbonyl (C=O) groups is 1. The molecule has 0 bridgehead atoms. The molecule has 0 saturated heterocycles. The van der Waals surface area contributed by atoms with Crippen molar-refractivity contribution >= 4 is 38.1 Å². The third-order valence-corrected chi connectivity index (χ3v) is 5.65. The van der Waals surface area contributed by atoms with Gasteiger partial charge in [-0.25, -0.2) is 13.4 Å². The number of benzene rings is 1. The summed E-state index contributed by atoms with van der Waals surface area (Å²) >= 11 is 0.924. The average Bonchev–Trinajstić information content (AvgIpc) is 2.73. The maximum Gasteiger partial charge on any atom is 0.273 e. The number of hydrogen-bond acceptors (Lipinski definition) is 5. The largest absolute Gasteiger partial charge is 0.302 e. The van der Waals surface area contributed by atoms with E-state index >= 15 is 0 Å². The minimum absolute atomic E-state index is 0.0897. The van der Waals surface area contributed by atoms with Crippen LogP contribution in [0.25, 0.3) is 0 Å². The highest BCUT2D eigenvalue weighted by molar-refractivity contribution is 7.94. The van der Waals surface area contributed by atoms with Crippen LogP contribution in [0.4, 0.5) is 10.8 Å². The van der Waals surface area contributed by atoms with Crippen LogP contribution in [0.5, 0.6) is 0 Å². The number of aromatic nitrogens is 1. The molecule has 0 saturated carbocycles. The molecular formula is C13H15N3O3S2. The molecule has 0 atom stereocenters. The molecule has 1 aromatic heterocycles. The Morgan fingerprint density at radius 2 is 1.81 bits per heavy atom. The standard InChI is InChI=1S/C13H15N3O3S2/c1-8-4-6-11(7-5-8)16-21(18,19)12-9(2)14-13(20-12)15-10(3)17/h4-7,16H,1-3H3,(H,14,15,17). The van der Waals surface area contributed by atoms with Crippen LogP contribution in [0.15, 0.2) is 28.5 Å². The fraction of sp³-hybridized carbons (Fsp3) is 0.231. The van der Waals surface area contributed by atoms with Crippen molar-refractivity contribution in [3.63, 3.8) is 0 Å². The Balaban J connectivity index is 2.29. The van der Waals surface area contributed by atoms with Crippen LogP contribution in [-0.4, -0.2) is 19.3 Å². The van der Waals surface area contributed by atoms with E-state index in [0.29, 0.717) is 11.4 Å². The molecule has 8 heteroatoms. The van der Waals surface area contributed by atoms with E-state index in [9.17, 15) is 13.2 Å². The predicted molar refractivity (Wildman–Crippen MR) is 83.1 cm³/mol. The predicted octanol–water partition coefficient (Wildman–Crippen LogP) is 2.52. The van der Waals surface area contributed by atoms with Crippen LogP contribution in [0.2, 0.25) is 0 Å². The molecule has 112 valence electrons. The Morgan fingerprint density at radius 3 is 2.38 bits per heavy atom. The molecule has 0 fully saturated rings. The normalized spacial score (nSPS) is 11.2. The first-order valence-corrected chi connectivity index (χ1v) is 8.42. The van der Waals surface area contributed by atoms with E-state index in [-0.39, 0.29) is 15.2 Å². The Kier molecular flexibility index (Phi) is 4.29. The number of nitrogens with one attached hydrogen (secondary N) is 2. The fourth-order valence-corrected chi connectivity index (χ4v) is 4.18. The number of nitrogens with zero attached hydrogens (tertiary/aromatic N) is 1. The fourth-order valence-electron chi connectivity index (χ4n) is 1.66. The molecule has 2 rings (SSSR count). The minimum atomic E-state index is -3.72. The van der Waals surface area contributed by atoms with E-state index in [2.05, 4.69) is 15.0 Å². The second-order valence-electron chi connectivity index (χ2n) is 4.54. The number of carbonyl (C=O) groups excluding carboxylic acids is 1. The molecule has 1 aromatic carbocycles. The molecule has 2 N–H and O–H groups in total. The molecule has 6 nitrogen and oxygen atoms in total. The van der Waals surface area contributed by atoms with Gasteiger partial charge >= 0.3 is 0 Å². The zero-order valence-electron chi connectivity index (χ0n) is 11.8. The van der Waals surface area contributed by atoms with Crippen molar-refractivity contribution in [2.45, 2.75) is 25.0 Å². The number of hydrogen-bond donors (Lipinski definition) is 2. The molecule has 0 spiro atoms. The lowest BCUT2D eigenvalue weighted by atomic mass is 10.2. The van der Waals surface area contributed by atoms with Gasteiger partial charge in [0.1, 0.15) is 0 Å². The zero-order valence-corrected chi connectivity index (χ0v) is 13.4. The Morgan fingerprint density at radius 1 is 1.19 bits per heavy atom. The summed E-state index contributed by atoms with van der Waals surface area (Å²) in [6.07, 6.45) is 0. The first-order chi connectivity index (χ1) is 9.78.